The van der Waals surface area contributed by atoms with Crippen LogP contribution in [-0.2, 0) is 29.1 Å². The average Bonchev–Trinajstić information content (AvgIpc) is 4.06. The lowest BCUT2D eigenvalue weighted by molar-refractivity contribution is 0.0524. The normalized spacial score (nSPS) is 10.0. The quantitative estimate of drug-likeness (QED) is 0.0999. The van der Waals surface area contributed by atoms with Gasteiger partial charge in [0.2, 0.25) is 0 Å². The molecule has 6 aromatic rings. The van der Waals surface area contributed by atoms with Crippen molar-refractivity contribution in [2.45, 2.75) is 59.9 Å². The molecule has 0 radical (unpaired) electrons. The number of nitrogens with two attached hydrogens (primary N) is 2. The monoisotopic (exact) mass is 954 g/mol. The Bertz CT molecular complexity index is 2010. The van der Waals surface area contributed by atoms with Gasteiger partial charge in [-0.1, -0.05) is 0 Å². The van der Waals surface area contributed by atoms with Crippen LogP contribution in [0.2, 0.25) is 0 Å². The maximum absolute atomic E-state index is 11.7. The number of alkyl carbamates (subject to hydrolysis) is 1. The minimum absolute atomic E-state index is 0. The number of carbonyl (C=O) groups excluding carboxylic acids is 1. The fourth-order valence-electron chi connectivity index (χ4n) is 4.79. The summed E-state index contributed by atoms with van der Waals surface area (Å²) in [6.45, 7) is 12.8. The molecule has 6 rings (SSSR count). The number of nitrogens with zero attached hydrogens (tertiary/aromatic N) is 3. The summed E-state index contributed by atoms with van der Waals surface area (Å²) in [6, 6.07) is 17.7. The van der Waals surface area contributed by atoms with Crippen molar-refractivity contribution < 1.29 is 28.5 Å². The first-order valence-corrected chi connectivity index (χ1v) is 22.2. The summed E-state index contributed by atoms with van der Waals surface area (Å²) in [5.74, 6) is 2.47. The van der Waals surface area contributed by atoms with Gasteiger partial charge in [0, 0.05) is 92.7 Å². The highest BCUT2D eigenvalue weighted by molar-refractivity contribution is 7.16. The largest absolute Gasteiger partial charge is 0.496 e. The van der Waals surface area contributed by atoms with E-state index in [1.807, 2.05) is 102 Å². The van der Waals surface area contributed by atoms with Crippen LogP contribution in [0, 0.1) is 0 Å². The fraction of sp³-hybridized carbons (Fsp3) is 0.349. The van der Waals surface area contributed by atoms with Gasteiger partial charge in [-0.3, -0.25) is 15.0 Å². The van der Waals surface area contributed by atoms with Gasteiger partial charge in [-0.05, 0) is 89.2 Å². The molecule has 0 spiro atoms. The van der Waals surface area contributed by atoms with E-state index in [1.165, 1.54) is 0 Å². The van der Waals surface area contributed by atoms with Crippen molar-refractivity contribution in [3.63, 3.8) is 0 Å². The molecule has 334 valence electrons. The summed E-state index contributed by atoms with van der Waals surface area (Å²) in [6.07, 6.45) is 10.1. The Morgan fingerprint density at radius 3 is 1.26 bits per heavy atom. The molecule has 12 nitrogen and oxygen atoms in total. The molecule has 0 atom stereocenters. The minimum Gasteiger partial charge on any atom is -0.496 e. The van der Waals surface area contributed by atoms with Crippen LogP contribution < -0.4 is 31.0 Å². The van der Waals surface area contributed by atoms with Crippen LogP contribution >= 0.6 is 69.6 Å². The highest BCUT2D eigenvalue weighted by Crippen LogP contribution is 2.36. The van der Waals surface area contributed by atoms with Gasteiger partial charge in [-0.2, -0.15) is 0 Å². The molecule has 0 saturated carbocycles. The number of methoxy groups -OCH3 is 3. The number of amides is 1. The first-order valence-electron chi connectivity index (χ1n) is 18.7. The van der Waals surface area contributed by atoms with E-state index in [4.69, 9.17) is 58.4 Å². The van der Waals surface area contributed by atoms with Crippen LogP contribution in [0.15, 0.2) is 91.8 Å². The van der Waals surface area contributed by atoms with Gasteiger partial charge < -0.3 is 40.5 Å². The lowest BCUT2D eigenvalue weighted by Gasteiger charge is -2.19. The first-order chi connectivity index (χ1) is 28.9. The Labute approximate surface area is 388 Å². The van der Waals surface area contributed by atoms with Gasteiger partial charge in [0.25, 0.3) is 0 Å². The van der Waals surface area contributed by atoms with E-state index in [9.17, 15) is 4.79 Å². The van der Waals surface area contributed by atoms with Crippen molar-refractivity contribution in [1.29, 1.82) is 0 Å². The SMILES string of the molecule is CCOCC.COc1ccncc1-c1ccc(CN)s1.COc1ccncc1-c1ccc(CN)s1.COc1ccncc1-c1ccc(CNC(=O)OC(C)(C)C)s1.Cl.ClCCl. The zero-order valence-electron chi connectivity index (χ0n) is 35.7. The number of hydrogen-bond donors (Lipinski definition) is 3. The predicted octanol–water partition coefficient (Wildman–Crippen LogP) is 11.3. The molecule has 1 amide bonds. The molecule has 0 unspecified atom stereocenters. The van der Waals surface area contributed by atoms with Crippen molar-refractivity contribution >= 4 is 75.7 Å². The Morgan fingerprint density at radius 1 is 0.639 bits per heavy atom. The standard InChI is InChI=1S/C16H20N2O3S.2C11H12N2OS.C4H10O.CH2Cl2.ClH/c1-16(2,3)21-15(19)18-9-11-5-6-14(22-11)12-10-17-8-7-13(12)20-4;2*1-14-10-4-5-13-7-9(10)11-3-2-8(6-12)15-11;1-3-5-4-2;2-1-3;/h5-8,10H,9H2,1-4H3,(H,18,19);2*2-5,7H,6,12H2,1H3;3-4H2,1-2H3;1H2;1H. The Balaban J connectivity index is 0.000000424. The summed E-state index contributed by atoms with van der Waals surface area (Å²) in [4.78, 5) is 30.7. The number of alkyl halides is 2. The smallest absolute Gasteiger partial charge is 0.407 e. The second kappa shape index (κ2) is 30.9. The number of ether oxygens (including phenoxy) is 5. The Morgan fingerprint density at radius 2 is 0.984 bits per heavy atom. The molecule has 0 aromatic carbocycles. The Kier molecular flexibility index (Phi) is 27.9. The third-order valence-electron chi connectivity index (χ3n) is 7.40. The number of nitrogens with one attached hydrogen (secondary N) is 1. The van der Waals surface area contributed by atoms with E-state index >= 15 is 0 Å². The second-order valence-corrected chi connectivity index (χ2v) is 17.0. The predicted molar refractivity (Wildman–Crippen MR) is 257 cm³/mol. The molecule has 0 fully saturated rings. The van der Waals surface area contributed by atoms with Gasteiger partial charge in [0.1, 0.15) is 22.8 Å². The minimum atomic E-state index is -0.492. The van der Waals surface area contributed by atoms with E-state index in [-0.39, 0.29) is 17.7 Å². The van der Waals surface area contributed by atoms with Crippen LogP contribution in [-0.4, -0.2) is 66.5 Å². The van der Waals surface area contributed by atoms with E-state index in [0.29, 0.717) is 19.6 Å². The summed E-state index contributed by atoms with van der Waals surface area (Å²) in [5, 5.41) is 2.95. The average molecular weight is 957 g/mol. The van der Waals surface area contributed by atoms with Crippen LogP contribution in [0.5, 0.6) is 17.2 Å². The molecular weight excluding hydrogens is 899 g/mol. The molecule has 18 heteroatoms. The van der Waals surface area contributed by atoms with Crippen LogP contribution in [0.4, 0.5) is 4.79 Å². The molecule has 61 heavy (non-hydrogen) atoms. The first kappa shape index (κ1) is 55.0. The van der Waals surface area contributed by atoms with Crippen LogP contribution in [0.25, 0.3) is 31.3 Å². The van der Waals surface area contributed by atoms with E-state index < -0.39 is 11.7 Å². The highest BCUT2D eigenvalue weighted by Gasteiger charge is 2.16. The lowest BCUT2D eigenvalue weighted by Crippen LogP contribution is -2.31. The molecule has 6 aromatic heterocycles. The molecular formula is C43H57Cl3N6O6S3. The maximum atomic E-state index is 11.7. The van der Waals surface area contributed by atoms with E-state index in [1.54, 1.807) is 80.1 Å². The number of thiophene rings is 3. The third-order valence-corrected chi connectivity index (χ3v) is 10.8. The molecule has 0 aliphatic carbocycles. The van der Waals surface area contributed by atoms with Crippen molar-refractivity contribution in [1.82, 2.24) is 20.3 Å². The second-order valence-electron chi connectivity index (χ2n) is 12.7. The molecule has 0 aliphatic heterocycles. The number of halogens is 3. The molecule has 5 N–H and O–H groups in total. The molecule has 0 saturated heterocycles. The van der Waals surface area contributed by atoms with Gasteiger partial charge in [0.05, 0.1) is 49.9 Å². The van der Waals surface area contributed by atoms with Gasteiger partial charge in [-0.15, -0.1) is 69.6 Å². The van der Waals surface area contributed by atoms with Gasteiger partial charge >= 0.3 is 6.09 Å². The van der Waals surface area contributed by atoms with Gasteiger partial charge in [0.15, 0.2) is 0 Å². The summed E-state index contributed by atoms with van der Waals surface area (Å²) < 4.78 is 25.9. The number of hydrogen-bond acceptors (Lipinski definition) is 14. The third kappa shape index (κ3) is 20.1. The lowest BCUT2D eigenvalue weighted by atomic mass is 10.2. The summed E-state index contributed by atoms with van der Waals surface area (Å²) >= 11 is 14.5. The highest BCUT2D eigenvalue weighted by atomic mass is 35.5. The molecule has 0 aliphatic rings. The van der Waals surface area contributed by atoms with Crippen molar-refractivity contribution in [2.24, 2.45) is 11.5 Å². The Hall–Kier alpha value is -4.03. The zero-order valence-corrected chi connectivity index (χ0v) is 40.5. The number of pyridine rings is 3. The number of rotatable bonds is 12. The number of carbonyl (C=O) groups is 1. The number of aromatic nitrogens is 3. The van der Waals surface area contributed by atoms with E-state index in [2.05, 4.69) is 20.3 Å². The zero-order chi connectivity index (χ0) is 44.3. The van der Waals surface area contributed by atoms with Gasteiger partial charge in [-0.25, -0.2) is 4.79 Å². The topological polar surface area (TPSA) is 166 Å². The van der Waals surface area contributed by atoms with Crippen LogP contribution in [0.1, 0.15) is 49.3 Å². The maximum Gasteiger partial charge on any atom is 0.407 e. The summed E-state index contributed by atoms with van der Waals surface area (Å²) in [5.41, 5.74) is 13.6. The van der Waals surface area contributed by atoms with Crippen LogP contribution in [0.3, 0.4) is 0 Å². The van der Waals surface area contributed by atoms with Crippen molar-refractivity contribution in [3.8, 4) is 48.6 Å². The fourth-order valence-corrected chi connectivity index (χ4v) is 7.56. The van der Waals surface area contributed by atoms with E-state index in [0.717, 1.165) is 76.4 Å². The summed E-state index contributed by atoms with van der Waals surface area (Å²) in [7, 11) is 4.96. The van der Waals surface area contributed by atoms with Crippen molar-refractivity contribution in [2.75, 3.05) is 39.9 Å². The van der Waals surface area contributed by atoms with Crippen molar-refractivity contribution in [3.05, 3.63) is 106 Å². The molecule has 0 bridgehead atoms. The molecule has 6 heterocycles.